The second-order valence-electron chi connectivity index (χ2n) is 9.46. The number of nitrogens with zero attached hydrogens (tertiary/aromatic N) is 4. The van der Waals surface area contributed by atoms with Gasteiger partial charge >= 0.3 is 0 Å². The molecular weight excluding hydrogens is 410 g/mol. The van der Waals surface area contributed by atoms with Crippen LogP contribution in [0.15, 0.2) is 10.9 Å². The zero-order valence-corrected chi connectivity index (χ0v) is 18.8. The molecule has 5 heterocycles. The van der Waals surface area contributed by atoms with E-state index in [0.29, 0.717) is 43.9 Å². The van der Waals surface area contributed by atoms with Crippen molar-refractivity contribution >= 4 is 17.5 Å². The quantitative estimate of drug-likeness (QED) is 0.783. The summed E-state index contributed by atoms with van der Waals surface area (Å²) < 4.78 is 7.12. The van der Waals surface area contributed by atoms with E-state index in [2.05, 4.69) is 5.10 Å². The number of likely N-dealkylation sites (tertiary alicyclic amines) is 1. The third-order valence-corrected chi connectivity index (χ3v) is 6.94. The fourth-order valence-electron chi connectivity index (χ4n) is 5.20. The number of hydrogen-bond donors (Lipinski definition) is 1. The molecule has 172 valence electrons. The SMILES string of the molecule is CC(C)C(=O)N1CCc2nc3cc([C@H]4CCCCN4C(=O)[C@@H]4CCCO4)[nH]n3c(=O)c2C1. The van der Waals surface area contributed by atoms with E-state index in [4.69, 9.17) is 9.72 Å². The molecule has 9 nitrogen and oxygen atoms in total. The maximum absolute atomic E-state index is 13.3. The van der Waals surface area contributed by atoms with E-state index in [1.54, 1.807) is 4.90 Å². The molecule has 2 saturated heterocycles. The Bertz CT molecular complexity index is 1100. The zero-order valence-electron chi connectivity index (χ0n) is 18.8. The topological polar surface area (TPSA) is 100 Å². The number of rotatable bonds is 3. The molecule has 0 unspecified atom stereocenters. The highest BCUT2D eigenvalue weighted by Crippen LogP contribution is 2.32. The van der Waals surface area contributed by atoms with Crippen molar-refractivity contribution in [2.24, 2.45) is 5.92 Å². The Hall–Kier alpha value is -2.68. The lowest BCUT2D eigenvalue weighted by molar-refractivity contribution is -0.145. The number of hydrogen-bond acceptors (Lipinski definition) is 5. The molecule has 2 atom stereocenters. The minimum atomic E-state index is -0.349. The van der Waals surface area contributed by atoms with Crippen molar-refractivity contribution in [3.63, 3.8) is 0 Å². The molecule has 0 bridgehead atoms. The first kappa shape index (κ1) is 21.2. The summed E-state index contributed by atoms with van der Waals surface area (Å²) in [5.41, 5.74) is 2.59. The number of fused-ring (bicyclic) bond motifs is 2. The van der Waals surface area contributed by atoms with Crippen LogP contribution in [0, 0.1) is 5.92 Å². The monoisotopic (exact) mass is 441 g/mol. The van der Waals surface area contributed by atoms with Crippen LogP contribution in [0.2, 0.25) is 0 Å². The molecule has 3 aliphatic heterocycles. The maximum atomic E-state index is 13.3. The van der Waals surface area contributed by atoms with E-state index >= 15 is 0 Å². The van der Waals surface area contributed by atoms with E-state index in [1.807, 2.05) is 24.8 Å². The summed E-state index contributed by atoms with van der Waals surface area (Å²) in [5, 5.41) is 3.23. The van der Waals surface area contributed by atoms with Gasteiger partial charge in [0.05, 0.1) is 29.5 Å². The largest absolute Gasteiger partial charge is 0.368 e. The van der Waals surface area contributed by atoms with Gasteiger partial charge in [-0.1, -0.05) is 13.8 Å². The van der Waals surface area contributed by atoms with Gasteiger partial charge in [-0.25, -0.2) is 9.50 Å². The Morgan fingerprint density at radius 3 is 2.78 bits per heavy atom. The molecule has 5 rings (SSSR count). The molecular formula is C23H31N5O4. The second-order valence-corrected chi connectivity index (χ2v) is 9.46. The highest BCUT2D eigenvalue weighted by atomic mass is 16.5. The standard InChI is InChI=1S/C23H31N5O4/c1-14(2)21(29)26-10-8-16-15(13-26)22(30)28-20(24-16)12-17(25-28)18-6-3-4-9-27(18)23(31)19-7-5-11-32-19/h12,14,18-19,25H,3-11,13H2,1-2H3/t18-,19+/m1/s1. The molecule has 1 N–H and O–H groups in total. The molecule has 2 amide bonds. The van der Waals surface area contributed by atoms with Crippen LogP contribution in [0.5, 0.6) is 0 Å². The van der Waals surface area contributed by atoms with Gasteiger partial charge in [0.1, 0.15) is 6.10 Å². The number of carbonyl (C=O) groups excluding carboxylic acids is 2. The summed E-state index contributed by atoms with van der Waals surface area (Å²) in [6, 6.07) is 1.79. The van der Waals surface area contributed by atoms with Gasteiger partial charge in [-0.2, -0.15) is 0 Å². The normalized spacial score (nSPS) is 23.7. The van der Waals surface area contributed by atoms with Crippen molar-refractivity contribution in [1.29, 1.82) is 0 Å². The minimum absolute atomic E-state index is 0.0493. The Morgan fingerprint density at radius 2 is 2.03 bits per heavy atom. The molecule has 2 aromatic rings. The second kappa shape index (κ2) is 8.35. The van der Waals surface area contributed by atoms with Crippen molar-refractivity contribution in [3.05, 3.63) is 33.4 Å². The third kappa shape index (κ3) is 3.62. The molecule has 0 radical (unpaired) electrons. The highest BCUT2D eigenvalue weighted by molar-refractivity contribution is 5.81. The molecule has 32 heavy (non-hydrogen) atoms. The predicted octanol–water partition coefficient (Wildman–Crippen LogP) is 1.80. The Kier molecular flexibility index (Phi) is 5.53. The zero-order chi connectivity index (χ0) is 22.4. The third-order valence-electron chi connectivity index (χ3n) is 6.94. The van der Waals surface area contributed by atoms with Crippen molar-refractivity contribution in [2.75, 3.05) is 19.7 Å². The van der Waals surface area contributed by atoms with Gasteiger partial charge in [0.15, 0.2) is 5.65 Å². The first-order chi connectivity index (χ1) is 15.4. The lowest BCUT2D eigenvalue weighted by Gasteiger charge is -2.36. The van der Waals surface area contributed by atoms with Gasteiger partial charge in [0.2, 0.25) is 5.91 Å². The first-order valence-electron chi connectivity index (χ1n) is 11.8. The summed E-state index contributed by atoms with van der Waals surface area (Å²) >= 11 is 0. The van der Waals surface area contributed by atoms with Crippen molar-refractivity contribution < 1.29 is 14.3 Å². The minimum Gasteiger partial charge on any atom is -0.368 e. The van der Waals surface area contributed by atoms with Crippen LogP contribution in [0.4, 0.5) is 0 Å². The number of piperidine rings is 1. The van der Waals surface area contributed by atoms with E-state index in [1.165, 1.54) is 4.52 Å². The number of H-pyrrole nitrogens is 1. The van der Waals surface area contributed by atoms with Crippen molar-refractivity contribution in [2.45, 2.75) is 71.1 Å². The Morgan fingerprint density at radius 1 is 1.19 bits per heavy atom. The molecule has 0 spiro atoms. The Balaban J connectivity index is 1.47. The number of aromatic nitrogens is 3. The average molecular weight is 442 g/mol. The van der Waals surface area contributed by atoms with Crippen molar-refractivity contribution in [1.82, 2.24) is 24.4 Å². The van der Waals surface area contributed by atoms with Gasteiger partial charge < -0.3 is 14.5 Å². The van der Waals surface area contributed by atoms with Crippen LogP contribution < -0.4 is 5.56 Å². The van der Waals surface area contributed by atoms with E-state index in [-0.39, 0.29) is 35.4 Å². The molecule has 0 aliphatic carbocycles. The average Bonchev–Trinajstić information content (AvgIpc) is 3.48. The number of amides is 2. The maximum Gasteiger partial charge on any atom is 0.277 e. The Labute approximate surface area is 186 Å². The first-order valence-corrected chi connectivity index (χ1v) is 11.8. The van der Waals surface area contributed by atoms with Crippen LogP contribution >= 0.6 is 0 Å². The van der Waals surface area contributed by atoms with Crippen LogP contribution in [0.25, 0.3) is 5.65 Å². The molecule has 2 fully saturated rings. The van der Waals surface area contributed by atoms with Gasteiger partial charge in [-0.3, -0.25) is 19.5 Å². The fraction of sp³-hybridized carbons (Fsp3) is 0.652. The van der Waals surface area contributed by atoms with Crippen LogP contribution in [0.3, 0.4) is 0 Å². The molecule has 0 aromatic carbocycles. The number of carbonyl (C=O) groups is 2. The molecule has 3 aliphatic rings. The summed E-state index contributed by atoms with van der Waals surface area (Å²) in [4.78, 5) is 47.2. The van der Waals surface area contributed by atoms with Crippen LogP contribution in [0.1, 0.15) is 68.9 Å². The number of nitrogens with one attached hydrogen (secondary N) is 1. The molecule has 0 saturated carbocycles. The lowest BCUT2D eigenvalue weighted by atomic mass is 9.98. The summed E-state index contributed by atoms with van der Waals surface area (Å²) in [5.74, 6) is -0.00198. The summed E-state index contributed by atoms with van der Waals surface area (Å²) in [6.45, 7) is 5.96. The van der Waals surface area contributed by atoms with E-state index in [0.717, 1.165) is 43.5 Å². The highest BCUT2D eigenvalue weighted by Gasteiger charge is 2.35. The van der Waals surface area contributed by atoms with E-state index in [9.17, 15) is 14.4 Å². The van der Waals surface area contributed by atoms with Gasteiger partial charge in [-0.05, 0) is 32.1 Å². The fourth-order valence-corrected chi connectivity index (χ4v) is 5.20. The van der Waals surface area contributed by atoms with Gasteiger partial charge in [0, 0.05) is 38.1 Å². The van der Waals surface area contributed by atoms with Gasteiger partial charge in [0.25, 0.3) is 11.5 Å². The number of ether oxygens (including phenoxy) is 1. The van der Waals surface area contributed by atoms with Crippen LogP contribution in [-0.4, -0.2) is 62.0 Å². The lowest BCUT2D eigenvalue weighted by Crippen LogP contribution is -2.44. The smallest absolute Gasteiger partial charge is 0.277 e. The van der Waals surface area contributed by atoms with Gasteiger partial charge in [-0.15, -0.1) is 0 Å². The van der Waals surface area contributed by atoms with Crippen molar-refractivity contribution in [3.8, 4) is 0 Å². The van der Waals surface area contributed by atoms with Crippen LogP contribution in [-0.2, 0) is 27.3 Å². The molecule has 2 aromatic heterocycles. The van der Waals surface area contributed by atoms with E-state index < -0.39 is 0 Å². The summed E-state index contributed by atoms with van der Waals surface area (Å²) in [7, 11) is 0. The molecule has 9 heteroatoms. The summed E-state index contributed by atoms with van der Waals surface area (Å²) in [6.07, 6.45) is 4.76. The predicted molar refractivity (Wildman–Crippen MR) is 117 cm³/mol. The number of aromatic amines is 1.